The van der Waals surface area contributed by atoms with E-state index in [1.54, 1.807) is 12.1 Å². The smallest absolute Gasteiger partial charge is 0.334 e. The van der Waals surface area contributed by atoms with Crippen molar-refractivity contribution >= 4 is 11.7 Å². The largest absolute Gasteiger partial charge is 0.345 e. The van der Waals surface area contributed by atoms with Gasteiger partial charge in [-0.1, -0.05) is 17.7 Å². The number of urea groups is 1. The second kappa shape index (κ2) is 5.25. The number of aryl methyl sites for hydroxylation is 1. The maximum absolute atomic E-state index is 11.6. The predicted molar refractivity (Wildman–Crippen MR) is 63.1 cm³/mol. The SMILES string of the molecule is Cc1ccc(N(N=O)C(=O)NC(C)C)cc1. The van der Waals surface area contributed by atoms with Crippen LogP contribution in [-0.2, 0) is 0 Å². The number of hydrogen-bond acceptors (Lipinski definition) is 3. The lowest BCUT2D eigenvalue weighted by Crippen LogP contribution is -2.40. The summed E-state index contributed by atoms with van der Waals surface area (Å²) < 4.78 is 0. The zero-order chi connectivity index (χ0) is 12.1. The summed E-state index contributed by atoms with van der Waals surface area (Å²) in [5.74, 6) is 0. The maximum Gasteiger partial charge on any atom is 0.345 e. The number of nitrogens with zero attached hydrogens (tertiary/aromatic N) is 2. The van der Waals surface area contributed by atoms with E-state index in [1.807, 2.05) is 32.9 Å². The van der Waals surface area contributed by atoms with E-state index < -0.39 is 6.03 Å². The molecule has 16 heavy (non-hydrogen) atoms. The Labute approximate surface area is 94.4 Å². The average Bonchev–Trinajstić information content (AvgIpc) is 2.21. The molecule has 1 aromatic carbocycles. The van der Waals surface area contributed by atoms with Crippen LogP contribution in [0.25, 0.3) is 0 Å². The fourth-order valence-electron chi connectivity index (χ4n) is 1.20. The molecule has 86 valence electrons. The molecule has 0 aliphatic carbocycles. The summed E-state index contributed by atoms with van der Waals surface area (Å²) in [6, 6.07) is 6.43. The summed E-state index contributed by atoms with van der Waals surface area (Å²) in [6.45, 7) is 5.56. The van der Waals surface area contributed by atoms with Crippen LogP contribution in [0.15, 0.2) is 29.6 Å². The van der Waals surface area contributed by atoms with Gasteiger partial charge in [0.2, 0.25) is 0 Å². The Balaban J connectivity index is 2.85. The molecule has 5 nitrogen and oxygen atoms in total. The van der Waals surface area contributed by atoms with Gasteiger partial charge in [-0.3, -0.25) is 0 Å². The number of carbonyl (C=O) groups excluding carboxylic acids is 1. The Morgan fingerprint density at radius 3 is 2.31 bits per heavy atom. The van der Waals surface area contributed by atoms with Crippen LogP contribution in [0.4, 0.5) is 10.5 Å². The topological polar surface area (TPSA) is 61.8 Å². The quantitative estimate of drug-likeness (QED) is 0.630. The molecule has 0 fully saturated rings. The van der Waals surface area contributed by atoms with Crippen LogP contribution in [0.2, 0.25) is 0 Å². The molecule has 0 aromatic heterocycles. The van der Waals surface area contributed by atoms with Crippen molar-refractivity contribution in [2.75, 3.05) is 5.01 Å². The van der Waals surface area contributed by atoms with E-state index in [1.165, 1.54) is 0 Å². The number of nitroso groups, excluding NO2 is 1. The van der Waals surface area contributed by atoms with Gasteiger partial charge in [-0.2, -0.15) is 0 Å². The minimum absolute atomic E-state index is 0.0396. The van der Waals surface area contributed by atoms with Crippen molar-refractivity contribution in [2.24, 2.45) is 5.29 Å². The standard InChI is InChI=1S/C11H15N3O2/c1-8(2)12-11(15)14(13-16)10-6-4-9(3)5-7-10/h4-8H,1-3H3,(H,12,15). The summed E-state index contributed by atoms with van der Waals surface area (Å²) in [5.41, 5.74) is 1.51. The average molecular weight is 221 g/mol. The van der Waals surface area contributed by atoms with Gasteiger partial charge in [0.1, 0.15) is 0 Å². The van der Waals surface area contributed by atoms with E-state index in [2.05, 4.69) is 10.6 Å². The minimum Gasteiger partial charge on any atom is -0.334 e. The van der Waals surface area contributed by atoms with Gasteiger partial charge in [0.15, 0.2) is 0 Å². The van der Waals surface area contributed by atoms with Gasteiger partial charge < -0.3 is 5.32 Å². The van der Waals surface area contributed by atoms with Crippen molar-refractivity contribution in [3.8, 4) is 0 Å². The Kier molecular flexibility index (Phi) is 3.99. The summed E-state index contributed by atoms with van der Waals surface area (Å²) in [5, 5.41) is 6.12. The van der Waals surface area contributed by atoms with Crippen molar-refractivity contribution in [2.45, 2.75) is 26.8 Å². The molecule has 0 spiro atoms. The molecule has 0 radical (unpaired) electrons. The van der Waals surface area contributed by atoms with Gasteiger partial charge in [-0.25, -0.2) is 4.79 Å². The van der Waals surface area contributed by atoms with E-state index in [9.17, 15) is 9.70 Å². The normalized spacial score (nSPS) is 10.0. The molecule has 0 saturated carbocycles. The van der Waals surface area contributed by atoms with Gasteiger partial charge in [0.25, 0.3) is 0 Å². The highest BCUT2D eigenvalue weighted by atomic mass is 16.3. The number of hydrogen-bond donors (Lipinski definition) is 1. The van der Waals surface area contributed by atoms with Gasteiger partial charge >= 0.3 is 6.03 Å². The van der Waals surface area contributed by atoms with Gasteiger partial charge in [-0.05, 0) is 32.9 Å². The highest BCUT2D eigenvalue weighted by Crippen LogP contribution is 2.15. The van der Waals surface area contributed by atoms with E-state index in [-0.39, 0.29) is 6.04 Å². The minimum atomic E-state index is -0.520. The molecule has 1 N–H and O–H groups in total. The zero-order valence-corrected chi connectivity index (χ0v) is 9.60. The molecule has 1 aromatic rings. The van der Waals surface area contributed by atoms with Crippen molar-refractivity contribution < 1.29 is 4.79 Å². The summed E-state index contributed by atoms with van der Waals surface area (Å²) in [4.78, 5) is 22.2. The zero-order valence-electron chi connectivity index (χ0n) is 9.60. The molecule has 0 aliphatic heterocycles. The number of amides is 2. The first-order valence-corrected chi connectivity index (χ1v) is 5.05. The van der Waals surface area contributed by atoms with Crippen molar-refractivity contribution in [1.82, 2.24) is 5.32 Å². The predicted octanol–water partition coefficient (Wildman–Crippen LogP) is 2.60. The first-order chi connectivity index (χ1) is 7.54. The maximum atomic E-state index is 11.6. The summed E-state index contributed by atoms with van der Waals surface area (Å²) in [6.07, 6.45) is 0. The van der Waals surface area contributed by atoms with E-state index in [0.29, 0.717) is 5.69 Å². The monoisotopic (exact) mass is 221 g/mol. The number of rotatable bonds is 3. The molecule has 0 saturated heterocycles. The molecular formula is C11H15N3O2. The van der Waals surface area contributed by atoms with E-state index in [4.69, 9.17) is 0 Å². The van der Waals surface area contributed by atoms with Crippen molar-refractivity contribution in [1.29, 1.82) is 0 Å². The molecule has 0 heterocycles. The van der Waals surface area contributed by atoms with Crippen LogP contribution in [0.5, 0.6) is 0 Å². The summed E-state index contributed by atoms with van der Waals surface area (Å²) >= 11 is 0. The first-order valence-electron chi connectivity index (χ1n) is 5.05. The van der Waals surface area contributed by atoms with Crippen LogP contribution >= 0.6 is 0 Å². The summed E-state index contributed by atoms with van der Waals surface area (Å²) in [7, 11) is 0. The Morgan fingerprint density at radius 2 is 1.88 bits per heavy atom. The Bertz CT molecular complexity index is 373. The fourth-order valence-corrected chi connectivity index (χ4v) is 1.20. The molecule has 0 unspecified atom stereocenters. The molecule has 2 amide bonds. The Morgan fingerprint density at radius 1 is 1.31 bits per heavy atom. The third-order valence-electron chi connectivity index (χ3n) is 1.96. The lowest BCUT2D eigenvalue weighted by atomic mass is 10.2. The molecular weight excluding hydrogens is 206 g/mol. The molecule has 0 aliphatic rings. The highest BCUT2D eigenvalue weighted by molar-refractivity contribution is 5.91. The van der Waals surface area contributed by atoms with Gasteiger partial charge in [0, 0.05) is 6.04 Å². The van der Waals surface area contributed by atoms with Gasteiger partial charge in [0.05, 0.1) is 11.0 Å². The van der Waals surface area contributed by atoms with Gasteiger partial charge in [-0.15, -0.1) is 9.92 Å². The molecule has 0 atom stereocenters. The highest BCUT2D eigenvalue weighted by Gasteiger charge is 2.16. The first kappa shape index (κ1) is 12.2. The van der Waals surface area contributed by atoms with E-state index in [0.717, 1.165) is 10.6 Å². The third-order valence-corrected chi connectivity index (χ3v) is 1.96. The molecule has 1 rings (SSSR count). The second-order valence-corrected chi connectivity index (χ2v) is 3.83. The number of nitrogens with one attached hydrogen (secondary N) is 1. The second-order valence-electron chi connectivity index (χ2n) is 3.83. The van der Waals surface area contributed by atoms with Crippen molar-refractivity contribution in [3.05, 3.63) is 34.7 Å². The van der Waals surface area contributed by atoms with Crippen LogP contribution in [0, 0.1) is 11.8 Å². The van der Waals surface area contributed by atoms with Crippen molar-refractivity contribution in [3.63, 3.8) is 0 Å². The molecule has 0 bridgehead atoms. The third kappa shape index (κ3) is 3.05. The van der Waals surface area contributed by atoms with E-state index >= 15 is 0 Å². The van der Waals surface area contributed by atoms with Crippen LogP contribution in [0.1, 0.15) is 19.4 Å². The number of anilines is 1. The fraction of sp³-hybridized carbons (Fsp3) is 0.364. The van der Waals surface area contributed by atoms with Crippen LogP contribution < -0.4 is 10.3 Å². The van der Waals surface area contributed by atoms with Crippen LogP contribution in [-0.4, -0.2) is 12.1 Å². The lowest BCUT2D eigenvalue weighted by Gasteiger charge is -2.16. The molecule has 5 heteroatoms. The number of benzene rings is 1. The Hall–Kier alpha value is -1.91. The van der Waals surface area contributed by atoms with Crippen LogP contribution in [0.3, 0.4) is 0 Å². The number of carbonyl (C=O) groups is 1. The lowest BCUT2D eigenvalue weighted by molar-refractivity contribution is 0.244.